The molecule has 4 N–H and O–H groups in total. The van der Waals surface area contributed by atoms with E-state index in [-0.39, 0.29) is 38.0 Å². The minimum Gasteiger partial charge on any atom is -0.413 e. The summed E-state index contributed by atoms with van der Waals surface area (Å²) in [5, 5.41) is 16.2. The number of allylic oxidation sites excluding steroid dienone is 12. The van der Waals surface area contributed by atoms with Crippen LogP contribution in [0.4, 0.5) is 4.39 Å². The molecule has 1 fully saturated rings. The predicted octanol–water partition coefficient (Wildman–Crippen LogP) is 6.93. The number of ether oxygens (including phenoxy) is 2. The zero-order valence-electron chi connectivity index (χ0n) is 32.9. The zero-order chi connectivity index (χ0) is 41.2. The Balaban J connectivity index is 1.29. The molecule has 1 aliphatic heterocycles. The SMILES string of the molecule is CC/C=C\C/C=C\C/C=C\C/C=C\C/C=C\C/C=C\CCC(=O)NCCOCCNP(=O)(OC[C@H]1OC(n2ccc(=O)[nH]c2=O)[C@](C)(F)[C@@H]1O)Oc1ccccc1. The zero-order valence-corrected chi connectivity index (χ0v) is 33.8. The van der Waals surface area contributed by atoms with Crippen molar-refractivity contribution in [2.75, 3.05) is 32.9 Å². The summed E-state index contributed by atoms with van der Waals surface area (Å²) in [5.41, 5.74) is -4.07. The lowest BCUT2D eigenvalue weighted by Gasteiger charge is -2.24. The van der Waals surface area contributed by atoms with Crippen molar-refractivity contribution in [2.45, 2.75) is 89.3 Å². The summed E-state index contributed by atoms with van der Waals surface area (Å²) in [6, 6.07) is 9.24. The Labute approximate surface area is 334 Å². The molecule has 0 aliphatic carbocycles. The largest absolute Gasteiger partial charge is 0.458 e. The Morgan fingerprint density at radius 1 is 0.912 bits per heavy atom. The first-order chi connectivity index (χ1) is 27.6. The molecule has 0 bridgehead atoms. The molecular weight excluding hydrogens is 754 g/mol. The van der Waals surface area contributed by atoms with Crippen LogP contribution in [-0.4, -0.2) is 71.4 Å². The van der Waals surface area contributed by atoms with Gasteiger partial charge in [0.25, 0.3) is 5.56 Å². The van der Waals surface area contributed by atoms with Crippen molar-refractivity contribution in [2.24, 2.45) is 0 Å². The number of carbonyl (C=O) groups is 1. The van der Waals surface area contributed by atoms with Crippen LogP contribution in [0.25, 0.3) is 0 Å². The van der Waals surface area contributed by atoms with E-state index in [0.29, 0.717) is 12.8 Å². The van der Waals surface area contributed by atoms with Crippen LogP contribution in [0.1, 0.15) is 71.4 Å². The lowest BCUT2D eigenvalue weighted by molar-refractivity contribution is -0.121. The first kappa shape index (κ1) is 46.9. The lowest BCUT2D eigenvalue weighted by atomic mass is 9.98. The van der Waals surface area contributed by atoms with Gasteiger partial charge in [-0.05, 0) is 64.0 Å². The van der Waals surface area contributed by atoms with E-state index in [2.05, 4.69) is 78.1 Å². The Morgan fingerprint density at radius 2 is 1.49 bits per heavy atom. The van der Waals surface area contributed by atoms with Crippen LogP contribution in [0.5, 0.6) is 5.75 Å². The third kappa shape index (κ3) is 18.1. The molecule has 57 heavy (non-hydrogen) atoms. The van der Waals surface area contributed by atoms with Crippen molar-refractivity contribution in [1.29, 1.82) is 0 Å². The molecule has 1 amide bonds. The predicted molar refractivity (Wildman–Crippen MR) is 221 cm³/mol. The number of nitrogens with one attached hydrogen (secondary N) is 3. The van der Waals surface area contributed by atoms with E-state index in [4.69, 9.17) is 18.5 Å². The number of hydrogen-bond donors (Lipinski definition) is 4. The van der Waals surface area contributed by atoms with Gasteiger partial charge in [-0.3, -0.25) is 23.7 Å². The van der Waals surface area contributed by atoms with Crippen molar-refractivity contribution in [3.8, 4) is 5.75 Å². The first-order valence-electron chi connectivity index (χ1n) is 19.4. The summed E-state index contributed by atoms with van der Waals surface area (Å²) < 4.78 is 52.6. The van der Waals surface area contributed by atoms with Crippen LogP contribution in [0.15, 0.2) is 125 Å². The number of H-pyrrole nitrogens is 1. The minimum absolute atomic E-state index is 0.0189. The number of aliphatic hydroxyl groups is 1. The van der Waals surface area contributed by atoms with Gasteiger partial charge < -0.3 is 24.4 Å². The Morgan fingerprint density at radius 3 is 2.09 bits per heavy atom. The van der Waals surface area contributed by atoms with E-state index in [0.717, 1.165) is 62.3 Å². The summed E-state index contributed by atoms with van der Waals surface area (Å²) >= 11 is 0. The van der Waals surface area contributed by atoms with Crippen LogP contribution in [0, 0.1) is 0 Å². The highest BCUT2D eigenvalue weighted by atomic mass is 31.2. The molecular formula is C42H58FN4O9P. The number of aromatic nitrogens is 2. The number of carbonyl (C=O) groups excluding carboxylic acids is 1. The van der Waals surface area contributed by atoms with Gasteiger partial charge in [0.1, 0.15) is 18.0 Å². The van der Waals surface area contributed by atoms with E-state index in [1.807, 2.05) is 17.1 Å². The van der Waals surface area contributed by atoms with E-state index >= 15 is 4.39 Å². The van der Waals surface area contributed by atoms with Crippen molar-refractivity contribution < 1.29 is 37.4 Å². The van der Waals surface area contributed by atoms with E-state index in [1.165, 1.54) is 0 Å². The number of nitrogens with zero attached hydrogens (tertiary/aromatic N) is 1. The molecule has 5 atom stereocenters. The number of alkyl halides is 1. The average Bonchev–Trinajstić information content (AvgIpc) is 3.41. The summed E-state index contributed by atoms with van der Waals surface area (Å²) in [4.78, 5) is 38.0. The number of rotatable bonds is 27. The topological polar surface area (TPSA) is 170 Å². The molecule has 0 spiro atoms. The van der Waals surface area contributed by atoms with Gasteiger partial charge in [-0.2, -0.15) is 0 Å². The average molecular weight is 813 g/mol. The normalized spacial score (nSPS) is 21.2. The van der Waals surface area contributed by atoms with Gasteiger partial charge >= 0.3 is 13.4 Å². The number of halogens is 1. The third-order valence-corrected chi connectivity index (χ3v) is 10.0. The number of benzene rings is 1. The Kier molecular flexibility index (Phi) is 21.8. The van der Waals surface area contributed by atoms with Gasteiger partial charge in [-0.1, -0.05) is 98.0 Å². The molecule has 2 unspecified atom stereocenters. The van der Waals surface area contributed by atoms with E-state index in [9.17, 15) is 24.1 Å². The number of hydrogen-bond acceptors (Lipinski definition) is 9. The highest BCUT2D eigenvalue weighted by molar-refractivity contribution is 7.52. The second-order valence-electron chi connectivity index (χ2n) is 13.2. The maximum Gasteiger partial charge on any atom is 0.458 e. The third-order valence-electron chi connectivity index (χ3n) is 8.45. The Bertz CT molecular complexity index is 1820. The molecule has 0 radical (unpaired) electrons. The number of aromatic amines is 1. The van der Waals surface area contributed by atoms with Gasteiger partial charge in [0, 0.05) is 31.8 Å². The molecule has 1 aromatic heterocycles. The van der Waals surface area contributed by atoms with Crippen molar-refractivity contribution in [1.82, 2.24) is 20.0 Å². The monoisotopic (exact) mass is 812 g/mol. The Hall–Kier alpha value is -4.43. The second-order valence-corrected chi connectivity index (χ2v) is 14.9. The molecule has 1 saturated heterocycles. The molecule has 2 aromatic rings. The van der Waals surface area contributed by atoms with Gasteiger partial charge in [0.05, 0.1) is 19.8 Å². The second kappa shape index (κ2) is 26.5. The van der Waals surface area contributed by atoms with Crippen LogP contribution in [0.3, 0.4) is 0 Å². The fourth-order valence-corrected chi connectivity index (χ4v) is 6.74. The fourth-order valence-electron chi connectivity index (χ4n) is 5.42. The lowest BCUT2D eigenvalue weighted by Crippen LogP contribution is -2.43. The maximum absolute atomic E-state index is 15.6. The summed E-state index contributed by atoms with van der Waals surface area (Å²) in [6.45, 7) is 3.21. The summed E-state index contributed by atoms with van der Waals surface area (Å²) in [7, 11) is -4.13. The quantitative estimate of drug-likeness (QED) is 0.0422. The molecule has 13 nitrogen and oxygen atoms in total. The molecule has 1 aromatic carbocycles. The number of para-hydroxylation sites is 1. The van der Waals surface area contributed by atoms with Crippen LogP contribution < -0.4 is 26.2 Å². The van der Waals surface area contributed by atoms with E-state index < -0.39 is 49.7 Å². The van der Waals surface area contributed by atoms with Crippen LogP contribution >= 0.6 is 7.75 Å². The van der Waals surface area contributed by atoms with Crippen LogP contribution in [-0.2, 0) is 23.4 Å². The molecule has 0 saturated carbocycles. The molecule has 2 heterocycles. The highest BCUT2D eigenvalue weighted by Gasteiger charge is 2.55. The summed E-state index contributed by atoms with van der Waals surface area (Å²) in [5.74, 6) is 0.126. The van der Waals surface area contributed by atoms with E-state index in [1.54, 1.807) is 30.3 Å². The van der Waals surface area contributed by atoms with Crippen molar-refractivity contribution in [3.63, 3.8) is 0 Å². The summed E-state index contributed by atoms with van der Waals surface area (Å²) in [6.07, 6.45) is 28.6. The van der Waals surface area contributed by atoms with Gasteiger partial charge in [0.2, 0.25) is 5.91 Å². The number of aliphatic hydroxyl groups excluding tert-OH is 1. The maximum atomic E-state index is 15.6. The van der Waals surface area contributed by atoms with Crippen LogP contribution in [0.2, 0.25) is 0 Å². The van der Waals surface area contributed by atoms with Gasteiger partial charge in [-0.25, -0.2) is 18.8 Å². The minimum atomic E-state index is -4.13. The molecule has 3 rings (SSSR count). The van der Waals surface area contributed by atoms with Gasteiger partial charge in [-0.15, -0.1) is 0 Å². The smallest absolute Gasteiger partial charge is 0.413 e. The highest BCUT2D eigenvalue weighted by Crippen LogP contribution is 2.46. The van der Waals surface area contributed by atoms with Crippen molar-refractivity contribution >= 4 is 13.7 Å². The van der Waals surface area contributed by atoms with Gasteiger partial charge in [0.15, 0.2) is 11.9 Å². The fraction of sp³-hybridized carbons (Fsp3) is 0.452. The molecule has 15 heteroatoms. The first-order valence-corrected chi connectivity index (χ1v) is 20.9. The standard InChI is InChI=1S/C42H58FN4O9P/c1-3-4-5-6-7-8-9-10-11-12-13-14-15-16-17-18-19-20-24-27-37(48)44-29-32-53-33-30-45-57(52,56-35-25-22-21-23-26-35)54-34-36-39(50)42(2,43)40(55-36)47-31-28-38(49)46-41(47)51/h4-5,7-8,10-11,13-14,16-17,19-23,25-26,28,31,36,39-40,50H,3,6,9,12,15,18,24,27,29-30,32-34H2,1-2H3,(H,44,48)(H,45,52)(H,46,49,51)/b5-4-,8-7-,11-10-,14-13-,17-16-,20-19-/t36-,39-,40?,42-,57?/m1/s1. The van der Waals surface area contributed by atoms with Crippen molar-refractivity contribution in [3.05, 3.63) is 136 Å². The molecule has 1 aliphatic rings. The number of amides is 1. The molecule has 312 valence electrons.